The molecular formula is C25H23N2NaO5S. The number of rotatable bonds is 9. The molecule has 7 nitrogen and oxygen atoms in total. The van der Waals surface area contributed by atoms with E-state index in [0.29, 0.717) is 24.1 Å². The number of sulfone groups is 1. The molecular weight excluding hydrogens is 463 g/mol. The van der Waals surface area contributed by atoms with Crippen molar-refractivity contribution in [2.24, 2.45) is 0 Å². The van der Waals surface area contributed by atoms with Gasteiger partial charge in [0.05, 0.1) is 33.5 Å². The normalized spacial score (nSPS) is 12.7. The fourth-order valence-corrected chi connectivity index (χ4v) is 4.64. The molecule has 0 heterocycles. The van der Waals surface area contributed by atoms with E-state index in [4.69, 9.17) is 5.26 Å². The summed E-state index contributed by atoms with van der Waals surface area (Å²) >= 11 is 0. The van der Waals surface area contributed by atoms with E-state index in [1.165, 1.54) is 36.4 Å². The summed E-state index contributed by atoms with van der Waals surface area (Å²) in [6, 6.07) is 20.3. The first-order valence-electron chi connectivity index (χ1n) is 10.3. The van der Waals surface area contributed by atoms with Gasteiger partial charge in [0.2, 0.25) is 9.84 Å². The maximum Gasteiger partial charge on any atom is 1.00 e. The third kappa shape index (κ3) is 7.00. The fraction of sp³-hybridized carbons (Fsp3) is 0.200. The molecule has 0 aliphatic carbocycles. The van der Waals surface area contributed by atoms with Gasteiger partial charge < -0.3 is 20.3 Å². The zero-order valence-corrected chi connectivity index (χ0v) is 21.7. The van der Waals surface area contributed by atoms with E-state index in [-0.39, 0.29) is 51.0 Å². The van der Waals surface area contributed by atoms with E-state index in [9.17, 15) is 23.4 Å². The van der Waals surface area contributed by atoms with Crippen molar-refractivity contribution in [1.82, 2.24) is 5.32 Å². The zero-order chi connectivity index (χ0) is 24.0. The smallest absolute Gasteiger partial charge is 0.545 e. The van der Waals surface area contributed by atoms with Crippen LogP contribution in [0.5, 0.6) is 0 Å². The third-order valence-electron chi connectivity index (χ3n) is 5.24. The quantitative estimate of drug-likeness (QED) is 0.372. The number of hydrogen-bond donors (Lipinski definition) is 2. The number of benzene rings is 3. The van der Waals surface area contributed by atoms with Crippen molar-refractivity contribution in [3.63, 3.8) is 0 Å². The summed E-state index contributed by atoms with van der Waals surface area (Å²) in [5, 5.41) is 33.4. The van der Waals surface area contributed by atoms with Crippen LogP contribution in [-0.4, -0.2) is 32.1 Å². The summed E-state index contributed by atoms with van der Waals surface area (Å²) in [5.74, 6) is -1.37. The van der Waals surface area contributed by atoms with Gasteiger partial charge in [-0.15, -0.1) is 0 Å². The van der Waals surface area contributed by atoms with Crippen LogP contribution in [0, 0.1) is 11.3 Å². The molecule has 170 valence electrons. The maximum absolute atomic E-state index is 12.8. The Balaban J connectivity index is 0.00000408. The van der Waals surface area contributed by atoms with Gasteiger partial charge in [-0.1, -0.05) is 36.4 Å². The van der Waals surface area contributed by atoms with Crippen molar-refractivity contribution < 1.29 is 53.0 Å². The van der Waals surface area contributed by atoms with Crippen LogP contribution in [0.15, 0.2) is 82.6 Å². The Bertz CT molecular complexity index is 1270. The van der Waals surface area contributed by atoms with Crippen LogP contribution in [0.3, 0.4) is 0 Å². The first-order valence-corrected chi connectivity index (χ1v) is 11.8. The van der Waals surface area contributed by atoms with Gasteiger partial charge in [-0.2, -0.15) is 5.26 Å². The average molecular weight is 487 g/mol. The summed E-state index contributed by atoms with van der Waals surface area (Å²) in [5.41, 5.74) is 1.98. The molecule has 0 saturated carbocycles. The van der Waals surface area contributed by atoms with E-state index >= 15 is 0 Å². The number of carbonyl (C=O) groups excluding carboxylic acids is 1. The summed E-state index contributed by atoms with van der Waals surface area (Å²) in [4.78, 5) is 11.0. The molecule has 3 aromatic carbocycles. The standard InChI is InChI=1S/C25H24N2O5S.Na/c1-17(27-16-24(28)21-4-2-3-19(14-21)15-26)13-18-5-9-22(10-6-18)33(31,32)23-11-7-20(8-12-23)25(29)30;/h2-12,14,17,24,27-28H,13,16H2,1H3,(H,29,30);/q;+1/p-1/t17-,24+;/m1./s1. The van der Waals surface area contributed by atoms with Crippen molar-refractivity contribution in [3.8, 4) is 6.07 Å². The van der Waals surface area contributed by atoms with Crippen LogP contribution in [0.25, 0.3) is 0 Å². The predicted molar refractivity (Wildman–Crippen MR) is 120 cm³/mol. The summed E-state index contributed by atoms with van der Waals surface area (Å²) < 4.78 is 25.6. The van der Waals surface area contributed by atoms with E-state index < -0.39 is 21.9 Å². The minimum Gasteiger partial charge on any atom is -0.545 e. The number of hydrogen-bond acceptors (Lipinski definition) is 7. The summed E-state index contributed by atoms with van der Waals surface area (Å²) in [6.45, 7) is 2.27. The Hall–Kier alpha value is -2.51. The largest absolute Gasteiger partial charge is 1.00 e. The van der Waals surface area contributed by atoms with Crippen LogP contribution in [0.1, 0.15) is 40.1 Å². The van der Waals surface area contributed by atoms with Crippen molar-refractivity contribution in [2.75, 3.05) is 6.54 Å². The van der Waals surface area contributed by atoms with Crippen molar-refractivity contribution in [2.45, 2.75) is 35.3 Å². The number of carboxylic acids is 1. The van der Waals surface area contributed by atoms with Crippen LogP contribution in [0.2, 0.25) is 0 Å². The Kier molecular flexibility index (Phi) is 10.0. The molecule has 0 spiro atoms. The first kappa shape index (κ1) is 27.7. The van der Waals surface area contributed by atoms with Crippen molar-refractivity contribution in [1.29, 1.82) is 5.26 Å². The van der Waals surface area contributed by atoms with Crippen LogP contribution in [0.4, 0.5) is 0 Å². The maximum atomic E-state index is 12.8. The Morgan fingerprint density at radius 2 is 1.65 bits per heavy atom. The molecule has 3 aromatic rings. The molecule has 0 unspecified atom stereocenters. The topological polar surface area (TPSA) is 130 Å². The van der Waals surface area contributed by atoms with Gasteiger partial charge in [0, 0.05) is 12.6 Å². The van der Waals surface area contributed by atoms with Crippen molar-refractivity contribution in [3.05, 3.63) is 95.1 Å². The van der Waals surface area contributed by atoms with Gasteiger partial charge in [0.1, 0.15) is 0 Å². The second-order valence-corrected chi connectivity index (χ2v) is 9.68. The molecule has 2 N–H and O–H groups in total. The van der Waals surface area contributed by atoms with Crippen LogP contribution in [-0.2, 0) is 16.3 Å². The Labute approximate surface area is 221 Å². The summed E-state index contributed by atoms with van der Waals surface area (Å²) in [6.07, 6.45) is -0.137. The second kappa shape index (κ2) is 12.3. The number of carboxylic acid groups (broad SMARTS) is 1. The predicted octanol–water partition coefficient (Wildman–Crippen LogP) is -0.987. The van der Waals surface area contributed by atoms with E-state index in [0.717, 1.165) is 5.56 Å². The zero-order valence-electron chi connectivity index (χ0n) is 18.9. The minimum absolute atomic E-state index is 0. The molecule has 0 saturated heterocycles. The Morgan fingerprint density at radius 1 is 1.06 bits per heavy atom. The van der Waals surface area contributed by atoms with Gasteiger partial charge in [0.15, 0.2) is 0 Å². The molecule has 0 bridgehead atoms. The fourth-order valence-electron chi connectivity index (χ4n) is 3.38. The molecule has 0 aliphatic heterocycles. The molecule has 0 radical (unpaired) electrons. The molecule has 0 amide bonds. The molecule has 2 atom stereocenters. The monoisotopic (exact) mass is 486 g/mol. The van der Waals surface area contributed by atoms with Crippen LogP contribution >= 0.6 is 0 Å². The van der Waals surface area contributed by atoms with Gasteiger partial charge in [-0.3, -0.25) is 0 Å². The SMILES string of the molecule is C[C@H](Cc1ccc(S(=O)(=O)c2ccc(C(=O)[O-])cc2)cc1)NC[C@H](O)c1cccc(C#N)c1.[Na+]. The van der Waals surface area contributed by atoms with Gasteiger partial charge in [-0.25, -0.2) is 8.42 Å². The summed E-state index contributed by atoms with van der Waals surface area (Å²) in [7, 11) is -3.77. The number of aliphatic hydroxyl groups is 1. The van der Waals surface area contributed by atoms with E-state index in [2.05, 4.69) is 11.4 Å². The van der Waals surface area contributed by atoms with Gasteiger partial charge >= 0.3 is 29.6 Å². The van der Waals surface area contributed by atoms with Gasteiger partial charge in [0.25, 0.3) is 0 Å². The molecule has 0 aromatic heterocycles. The van der Waals surface area contributed by atoms with E-state index in [1.807, 2.05) is 6.92 Å². The third-order valence-corrected chi connectivity index (χ3v) is 7.02. The number of nitrogens with zero attached hydrogens (tertiary/aromatic N) is 1. The number of aliphatic hydroxyl groups excluding tert-OH is 1. The molecule has 9 heteroatoms. The number of nitriles is 1. The molecule has 3 rings (SSSR count). The number of carbonyl (C=O) groups is 1. The average Bonchev–Trinajstić information content (AvgIpc) is 2.83. The number of aromatic carboxylic acids is 1. The molecule has 34 heavy (non-hydrogen) atoms. The second-order valence-electron chi connectivity index (χ2n) is 7.73. The Morgan fingerprint density at radius 3 is 2.21 bits per heavy atom. The first-order chi connectivity index (χ1) is 15.7. The van der Waals surface area contributed by atoms with Crippen molar-refractivity contribution >= 4 is 15.8 Å². The molecule has 0 fully saturated rings. The number of nitrogens with one attached hydrogen (secondary N) is 1. The minimum atomic E-state index is -3.77. The van der Waals surface area contributed by atoms with Crippen LogP contribution < -0.4 is 40.0 Å². The van der Waals surface area contributed by atoms with E-state index in [1.54, 1.807) is 36.4 Å². The molecule has 0 aliphatic rings. The van der Waals surface area contributed by atoms with Gasteiger partial charge in [-0.05, 0) is 66.4 Å².